The predicted octanol–water partition coefficient (Wildman–Crippen LogP) is 3.80. The number of rotatable bonds is 3. The van der Waals surface area contributed by atoms with Gasteiger partial charge in [-0.1, -0.05) is 48.9 Å². The average Bonchev–Trinajstić information content (AvgIpc) is 2.81. The summed E-state index contributed by atoms with van der Waals surface area (Å²) in [6.07, 6.45) is 0.807. The second kappa shape index (κ2) is 5.58. The van der Waals surface area contributed by atoms with E-state index in [1.165, 1.54) is 5.56 Å². The second-order valence-electron chi connectivity index (χ2n) is 6.10. The molecule has 0 fully saturated rings. The summed E-state index contributed by atoms with van der Waals surface area (Å²) in [4.78, 5) is 12.2. The van der Waals surface area contributed by atoms with Gasteiger partial charge in [-0.2, -0.15) is 0 Å². The van der Waals surface area contributed by atoms with Crippen LogP contribution in [0.1, 0.15) is 53.1 Å². The monoisotopic (exact) mass is 294 g/mol. The van der Waals surface area contributed by atoms with Gasteiger partial charge >= 0.3 is 0 Å². The zero-order valence-electron chi connectivity index (χ0n) is 13.3. The minimum atomic E-state index is -0.231. The van der Waals surface area contributed by atoms with Crippen molar-refractivity contribution in [3.8, 4) is 0 Å². The van der Waals surface area contributed by atoms with Crippen molar-refractivity contribution in [3.05, 3.63) is 64.2 Å². The lowest BCUT2D eigenvalue weighted by atomic mass is 9.89. The molecule has 0 bridgehead atoms. The molecule has 1 aliphatic rings. The first-order chi connectivity index (χ1) is 10.5. The Kier molecular flexibility index (Phi) is 3.75. The third-order valence-corrected chi connectivity index (χ3v) is 4.55. The van der Waals surface area contributed by atoms with Crippen LogP contribution in [0, 0.1) is 13.8 Å². The number of nitrogens with two attached hydrogens (primary N) is 1. The SMILES string of the molecule is CCC1C(=O)Nc2c1cc(C)cc2C(N)c1ccccc1C. The third-order valence-electron chi connectivity index (χ3n) is 4.55. The molecule has 3 nitrogen and oxygen atoms in total. The molecule has 3 rings (SSSR count). The number of nitrogens with one attached hydrogen (secondary N) is 1. The Hall–Kier alpha value is -2.13. The maximum Gasteiger partial charge on any atom is 0.232 e. The fraction of sp³-hybridized carbons (Fsp3) is 0.316. The van der Waals surface area contributed by atoms with Crippen molar-refractivity contribution in [2.24, 2.45) is 5.73 Å². The third kappa shape index (κ3) is 2.32. The molecule has 1 amide bonds. The molecule has 0 aromatic heterocycles. The molecule has 0 spiro atoms. The average molecular weight is 294 g/mol. The molecule has 2 aromatic rings. The number of anilines is 1. The number of hydrogen-bond acceptors (Lipinski definition) is 2. The van der Waals surface area contributed by atoms with Crippen molar-refractivity contribution < 1.29 is 4.79 Å². The Morgan fingerprint density at radius 2 is 1.91 bits per heavy atom. The highest BCUT2D eigenvalue weighted by molar-refractivity contribution is 6.04. The van der Waals surface area contributed by atoms with Crippen LogP contribution in [-0.2, 0) is 4.79 Å². The van der Waals surface area contributed by atoms with Gasteiger partial charge in [0, 0.05) is 5.69 Å². The van der Waals surface area contributed by atoms with Gasteiger partial charge in [0.15, 0.2) is 0 Å². The van der Waals surface area contributed by atoms with E-state index in [9.17, 15) is 4.79 Å². The van der Waals surface area contributed by atoms with E-state index in [-0.39, 0.29) is 17.9 Å². The molecule has 22 heavy (non-hydrogen) atoms. The molecule has 3 N–H and O–H groups in total. The molecule has 0 aliphatic carbocycles. The topological polar surface area (TPSA) is 55.1 Å². The van der Waals surface area contributed by atoms with E-state index in [0.717, 1.165) is 34.4 Å². The van der Waals surface area contributed by atoms with Gasteiger partial charge in [-0.25, -0.2) is 0 Å². The molecule has 114 valence electrons. The Labute approximate surface area is 131 Å². The van der Waals surface area contributed by atoms with Crippen LogP contribution < -0.4 is 11.1 Å². The van der Waals surface area contributed by atoms with Gasteiger partial charge in [0.05, 0.1) is 12.0 Å². The van der Waals surface area contributed by atoms with E-state index in [1.54, 1.807) is 0 Å². The minimum absolute atomic E-state index is 0.0577. The molecule has 0 saturated carbocycles. The molecule has 1 heterocycles. The van der Waals surface area contributed by atoms with Crippen LogP contribution in [0.25, 0.3) is 0 Å². The van der Waals surface area contributed by atoms with Gasteiger partial charge in [-0.15, -0.1) is 0 Å². The van der Waals surface area contributed by atoms with E-state index in [2.05, 4.69) is 43.4 Å². The Morgan fingerprint density at radius 3 is 2.59 bits per heavy atom. The highest BCUT2D eigenvalue weighted by atomic mass is 16.2. The molecular weight excluding hydrogens is 272 g/mol. The van der Waals surface area contributed by atoms with Crippen LogP contribution in [0.15, 0.2) is 36.4 Å². The lowest BCUT2D eigenvalue weighted by molar-refractivity contribution is -0.117. The summed E-state index contributed by atoms with van der Waals surface area (Å²) in [6.45, 7) is 6.17. The van der Waals surface area contributed by atoms with E-state index in [1.807, 2.05) is 19.1 Å². The van der Waals surface area contributed by atoms with E-state index >= 15 is 0 Å². The van der Waals surface area contributed by atoms with E-state index in [4.69, 9.17) is 5.73 Å². The van der Waals surface area contributed by atoms with Crippen molar-refractivity contribution in [1.29, 1.82) is 0 Å². The van der Waals surface area contributed by atoms with E-state index in [0.29, 0.717) is 0 Å². The van der Waals surface area contributed by atoms with E-state index < -0.39 is 0 Å². The predicted molar refractivity (Wildman–Crippen MR) is 90.1 cm³/mol. The summed E-state index contributed by atoms with van der Waals surface area (Å²) < 4.78 is 0. The smallest absolute Gasteiger partial charge is 0.232 e. The van der Waals surface area contributed by atoms with Gasteiger partial charge in [-0.3, -0.25) is 4.79 Å². The fourth-order valence-electron chi connectivity index (χ4n) is 3.37. The highest BCUT2D eigenvalue weighted by Gasteiger charge is 2.32. The van der Waals surface area contributed by atoms with Crippen molar-refractivity contribution >= 4 is 11.6 Å². The van der Waals surface area contributed by atoms with Crippen LogP contribution in [0.3, 0.4) is 0 Å². The molecular formula is C19H22N2O. The molecule has 1 aliphatic heterocycles. The van der Waals surface area contributed by atoms with Gasteiger partial charge in [0.2, 0.25) is 5.91 Å². The lowest BCUT2D eigenvalue weighted by Crippen LogP contribution is -2.16. The van der Waals surface area contributed by atoms with Gasteiger partial charge in [0.1, 0.15) is 0 Å². The first-order valence-electron chi connectivity index (χ1n) is 7.79. The number of benzene rings is 2. The van der Waals surface area contributed by atoms with Crippen LogP contribution in [0.4, 0.5) is 5.69 Å². The number of fused-ring (bicyclic) bond motifs is 1. The molecule has 0 saturated heterocycles. The van der Waals surface area contributed by atoms with Crippen LogP contribution in [-0.4, -0.2) is 5.91 Å². The molecule has 0 radical (unpaired) electrons. The normalized spacial score (nSPS) is 18.0. The van der Waals surface area contributed by atoms with Crippen LogP contribution in [0.2, 0.25) is 0 Å². The summed E-state index contributed by atoms with van der Waals surface area (Å²) in [6, 6.07) is 12.1. The number of hydrogen-bond donors (Lipinski definition) is 2. The zero-order valence-corrected chi connectivity index (χ0v) is 13.3. The fourth-order valence-corrected chi connectivity index (χ4v) is 3.37. The standard InChI is InChI=1S/C19H22N2O/c1-4-13-15-9-11(2)10-16(18(15)21-19(13)22)17(20)14-8-6-5-7-12(14)3/h5-10,13,17H,4,20H2,1-3H3,(H,21,22). The summed E-state index contributed by atoms with van der Waals surface area (Å²) in [5.41, 5.74) is 13.0. The maximum atomic E-state index is 12.2. The molecule has 2 atom stereocenters. The van der Waals surface area contributed by atoms with Gasteiger partial charge in [0.25, 0.3) is 0 Å². The Morgan fingerprint density at radius 1 is 1.18 bits per heavy atom. The lowest BCUT2D eigenvalue weighted by Gasteiger charge is -2.19. The Balaban J connectivity index is 2.13. The van der Waals surface area contributed by atoms with Crippen molar-refractivity contribution in [2.75, 3.05) is 5.32 Å². The van der Waals surface area contributed by atoms with Gasteiger partial charge < -0.3 is 11.1 Å². The number of carbonyl (C=O) groups excluding carboxylic acids is 1. The summed E-state index contributed by atoms with van der Waals surface area (Å²) in [7, 11) is 0. The largest absolute Gasteiger partial charge is 0.325 e. The molecule has 3 heteroatoms. The maximum absolute atomic E-state index is 12.2. The first kappa shape index (κ1) is 14.8. The quantitative estimate of drug-likeness (QED) is 0.904. The second-order valence-corrected chi connectivity index (χ2v) is 6.10. The molecule has 2 aromatic carbocycles. The zero-order chi connectivity index (χ0) is 15.9. The summed E-state index contributed by atoms with van der Waals surface area (Å²) >= 11 is 0. The highest BCUT2D eigenvalue weighted by Crippen LogP contribution is 2.41. The summed E-state index contributed by atoms with van der Waals surface area (Å²) in [5, 5.41) is 3.05. The number of aryl methyl sites for hydroxylation is 2. The van der Waals surface area contributed by atoms with Crippen molar-refractivity contribution in [1.82, 2.24) is 0 Å². The number of amides is 1. The first-order valence-corrected chi connectivity index (χ1v) is 7.79. The van der Waals surface area contributed by atoms with Crippen LogP contribution >= 0.6 is 0 Å². The molecule has 2 unspecified atom stereocenters. The summed E-state index contributed by atoms with van der Waals surface area (Å²) in [5.74, 6) is 0.0269. The van der Waals surface area contributed by atoms with Gasteiger partial charge in [-0.05, 0) is 42.5 Å². The van der Waals surface area contributed by atoms with Crippen molar-refractivity contribution in [3.63, 3.8) is 0 Å². The van der Waals surface area contributed by atoms with Crippen molar-refractivity contribution in [2.45, 2.75) is 39.2 Å². The van der Waals surface area contributed by atoms with Crippen LogP contribution in [0.5, 0.6) is 0 Å². The Bertz CT molecular complexity index is 736. The minimum Gasteiger partial charge on any atom is -0.325 e. The number of carbonyl (C=O) groups is 1.